The average Bonchev–Trinajstić information content (AvgIpc) is 3.12. The Morgan fingerprint density at radius 3 is 2.50 bits per heavy atom. The van der Waals surface area contributed by atoms with Crippen LogP contribution in [0.5, 0.6) is 0 Å². The van der Waals surface area contributed by atoms with Crippen molar-refractivity contribution in [3.63, 3.8) is 0 Å². The SMILES string of the molecule is CCCNC(=O)CNC(=O)CN1CCN(C(=O)c2ccco2)CC1. The molecule has 1 aliphatic heterocycles. The third-order valence-electron chi connectivity index (χ3n) is 3.78. The molecule has 24 heavy (non-hydrogen) atoms. The van der Waals surface area contributed by atoms with Crippen LogP contribution in [-0.2, 0) is 9.59 Å². The number of piperazine rings is 1. The van der Waals surface area contributed by atoms with Crippen molar-refractivity contribution in [2.24, 2.45) is 0 Å². The van der Waals surface area contributed by atoms with Crippen LogP contribution in [0.2, 0.25) is 0 Å². The number of rotatable bonds is 7. The van der Waals surface area contributed by atoms with E-state index in [0.29, 0.717) is 38.5 Å². The lowest BCUT2D eigenvalue weighted by molar-refractivity contribution is -0.126. The van der Waals surface area contributed by atoms with Gasteiger partial charge < -0.3 is 20.0 Å². The first-order valence-electron chi connectivity index (χ1n) is 8.18. The highest BCUT2D eigenvalue weighted by molar-refractivity contribution is 5.91. The first-order valence-corrected chi connectivity index (χ1v) is 8.18. The summed E-state index contributed by atoms with van der Waals surface area (Å²) >= 11 is 0. The molecule has 1 saturated heterocycles. The minimum atomic E-state index is -0.188. The van der Waals surface area contributed by atoms with Gasteiger partial charge in [0.25, 0.3) is 5.91 Å². The monoisotopic (exact) mass is 336 g/mol. The number of carbonyl (C=O) groups is 3. The van der Waals surface area contributed by atoms with Crippen LogP contribution in [0, 0.1) is 0 Å². The van der Waals surface area contributed by atoms with E-state index in [1.807, 2.05) is 11.8 Å². The van der Waals surface area contributed by atoms with E-state index in [4.69, 9.17) is 4.42 Å². The summed E-state index contributed by atoms with van der Waals surface area (Å²) in [6.45, 7) is 5.12. The Balaban J connectivity index is 1.66. The Hall–Kier alpha value is -2.35. The van der Waals surface area contributed by atoms with Crippen LogP contribution < -0.4 is 10.6 Å². The van der Waals surface area contributed by atoms with Gasteiger partial charge in [-0.05, 0) is 18.6 Å². The Kier molecular flexibility index (Phi) is 6.80. The van der Waals surface area contributed by atoms with E-state index in [9.17, 15) is 14.4 Å². The van der Waals surface area contributed by atoms with Crippen molar-refractivity contribution < 1.29 is 18.8 Å². The van der Waals surface area contributed by atoms with Crippen molar-refractivity contribution in [1.29, 1.82) is 0 Å². The molecule has 0 aliphatic carbocycles. The van der Waals surface area contributed by atoms with Crippen molar-refractivity contribution in [1.82, 2.24) is 20.4 Å². The molecule has 0 radical (unpaired) electrons. The average molecular weight is 336 g/mol. The Labute approximate surface area is 141 Å². The molecule has 0 spiro atoms. The second-order valence-electron chi connectivity index (χ2n) is 5.67. The number of amides is 3. The van der Waals surface area contributed by atoms with E-state index in [2.05, 4.69) is 10.6 Å². The lowest BCUT2D eigenvalue weighted by Crippen LogP contribution is -2.51. The molecule has 0 unspecified atom stereocenters. The molecule has 2 rings (SSSR count). The Morgan fingerprint density at radius 2 is 1.88 bits per heavy atom. The summed E-state index contributed by atoms with van der Waals surface area (Å²) in [5.41, 5.74) is 0. The molecule has 1 aromatic heterocycles. The molecule has 1 aliphatic rings. The molecular formula is C16H24N4O4. The zero-order chi connectivity index (χ0) is 17.4. The number of nitrogens with zero attached hydrogens (tertiary/aromatic N) is 2. The van der Waals surface area contributed by atoms with Crippen LogP contribution in [0.3, 0.4) is 0 Å². The molecule has 8 nitrogen and oxygen atoms in total. The summed E-state index contributed by atoms with van der Waals surface area (Å²) in [6, 6.07) is 3.33. The van der Waals surface area contributed by atoms with Gasteiger partial charge in [-0.25, -0.2) is 0 Å². The van der Waals surface area contributed by atoms with Crippen LogP contribution in [0.1, 0.15) is 23.9 Å². The van der Waals surface area contributed by atoms with E-state index < -0.39 is 0 Å². The zero-order valence-electron chi connectivity index (χ0n) is 13.9. The van der Waals surface area contributed by atoms with Crippen molar-refractivity contribution in [2.45, 2.75) is 13.3 Å². The van der Waals surface area contributed by atoms with Gasteiger partial charge in [0, 0.05) is 32.7 Å². The van der Waals surface area contributed by atoms with Gasteiger partial charge >= 0.3 is 0 Å². The maximum absolute atomic E-state index is 12.1. The van der Waals surface area contributed by atoms with Gasteiger partial charge in [-0.3, -0.25) is 19.3 Å². The van der Waals surface area contributed by atoms with Crippen molar-refractivity contribution >= 4 is 17.7 Å². The topological polar surface area (TPSA) is 94.9 Å². The molecule has 0 atom stereocenters. The zero-order valence-corrected chi connectivity index (χ0v) is 13.9. The van der Waals surface area contributed by atoms with Gasteiger partial charge in [0.15, 0.2) is 5.76 Å². The summed E-state index contributed by atoms with van der Waals surface area (Å²) in [6.07, 6.45) is 2.34. The third kappa shape index (κ3) is 5.38. The van der Waals surface area contributed by atoms with Gasteiger partial charge in [0.2, 0.25) is 11.8 Å². The molecule has 1 fully saturated rings. The second-order valence-corrected chi connectivity index (χ2v) is 5.67. The van der Waals surface area contributed by atoms with Crippen molar-refractivity contribution in [3.05, 3.63) is 24.2 Å². The Morgan fingerprint density at radius 1 is 1.12 bits per heavy atom. The number of nitrogens with one attached hydrogen (secondary N) is 2. The van der Waals surface area contributed by atoms with E-state index in [-0.39, 0.29) is 30.8 Å². The third-order valence-corrected chi connectivity index (χ3v) is 3.78. The maximum Gasteiger partial charge on any atom is 0.289 e. The predicted molar refractivity (Wildman–Crippen MR) is 87.4 cm³/mol. The van der Waals surface area contributed by atoms with Gasteiger partial charge in [0.05, 0.1) is 19.4 Å². The standard InChI is InChI=1S/C16H24N4O4/c1-2-5-17-14(21)11-18-15(22)12-19-6-8-20(9-7-19)16(23)13-4-3-10-24-13/h3-4,10H,2,5-9,11-12H2,1H3,(H,17,21)(H,18,22). The van der Waals surface area contributed by atoms with Crippen LogP contribution in [-0.4, -0.2) is 73.3 Å². The second kappa shape index (κ2) is 9.07. The molecule has 0 bridgehead atoms. The summed E-state index contributed by atoms with van der Waals surface area (Å²) in [7, 11) is 0. The largest absolute Gasteiger partial charge is 0.459 e. The highest BCUT2D eigenvalue weighted by Crippen LogP contribution is 2.09. The van der Waals surface area contributed by atoms with Gasteiger partial charge in [-0.15, -0.1) is 0 Å². The normalized spacial score (nSPS) is 15.1. The first kappa shape index (κ1) is 18.0. The Bertz CT molecular complexity index is 550. The van der Waals surface area contributed by atoms with E-state index >= 15 is 0 Å². The minimum Gasteiger partial charge on any atom is -0.459 e. The molecule has 3 amide bonds. The molecule has 132 valence electrons. The lowest BCUT2D eigenvalue weighted by Gasteiger charge is -2.33. The maximum atomic E-state index is 12.1. The molecule has 0 aromatic carbocycles. The number of carbonyl (C=O) groups excluding carboxylic acids is 3. The van der Waals surface area contributed by atoms with Gasteiger partial charge in [0.1, 0.15) is 0 Å². The molecule has 1 aromatic rings. The number of hydrogen-bond acceptors (Lipinski definition) is 5. The first-order chi connectivity index (χ1) is 11.6. The smallest absolute Gasteiger partial charge is 0.289 e. The van der Waals surface area contributed by atoms with Crippen LogP contribution in [0.4, 0.5) is 0 Å². The van der Waals surface area contributed by atoms with Gasteiger partial charge in [-0.1, -0.05) is 6.92 Å². The van der Waals surface area contributed by atoms with E-state index in [0.717, 1.165) is 6.42 Å². The van der Waals surface area contributed by atoms with Crippen molar-refractivity contribution in [3.8, 4) is 0 Å². The van der Waals surface area contributed by atoms with Crippen LogP contribution in [0.25, 0.3) is 0 Å². The van der Waals surface area contributed by atoms with E-state index in [1.54, 1.807) is 17.0 Å². The minimum absolute atomic E-state index is 0.00419. The lowest BCUT2D eigenvalue weighted by atomic mass is 10.3. The fraction of sp³-hybridized carbons (Fsp3) is 0.562. The highest BCUT2D eigenvalue weighted by Gasteiger charge is 2.24. The quantitative estimate of drug-likeness (QED) is 0.712. The number of furan rings is 1. The molecule has 0 saturated carbocycles. The fourth-order valence-electron chi connectivity index (χ4n) is 2.43. The molecular weight excluding hydrogens is 312 g/mol. The van der Waals surface area contributed by atoms with Crippen molar-refractivity contribution in [2.75, 3.05) is 45.8 Å². The van der Waals surface area contributed by atoms with Crippen LogP contribution in [0.15, 0.2) is 22.8 Å². The summed E-state index contributed by atoms with van der Waals surface area (Å²) in [5.74, 6) is -0.164. The van der Waals surface area contributed by atoms with E-state index in [1.165, 1.54) is 6.26 Å². The predicted octanol–water partition coefficient (Wildman–Crippen LogP) is -0.320. The molecule has 2 N–H and O–H groups in total. The summed E-state index contributed by atoms with van der Waals surface area (Å²) in [5, 5.41) is 5.31. The van der Waals surface area contributed by atoms with Gasteiger partial charge in [-0.2, -0.15) is 0 Å². The fourth-order valence-corrected chi connectivity index (χ4v) is 2.43. The van der Waals surface area contributed by atoms with Crippen LogP contribution >= 0.6 is 0 Å². The molecule has 2 heterocycles. The summed E-state index contributed by atoms with van der Waals surface area (Å²) in [4.78, 5) is 39.1. The number of hydrogen-bond donors (Lipinski definition) is 2. The molecule has 8 heteroatoms. The highest BCUT2D eigenvalue weighted by atomic mass is 16.3. The summed E-state index contributed by atoms with van der Waals surface area (Å²) < 4.78 is 5.12.